The molecule has 9 heteroatoms. The molecule has 6 rings (SSSR count). The van der Waals surface area contributed by atoms with E-state index < -0.39 is 6.17 Å². The standard InChI is InChI=1S/C24H17ClN4O3S/c25-17-11-20-19(31-13-32-20)10-16(17)22-26-18-9-5-4-8-15(18)21-23(30)27-24(28-29(21)22)33-12-14-6-2-1-3-7-14/h1-11,22H,12-13H2,(H,27,28,30)/t22-/m0/s1. The smallest absolute Gasteiger partial charge is 0.276 e. The number of carbonyl (C=O) groups is 1. The molecule has 0 fully saturated rings. The molecule has 1 N–H and O–H groups in total. The van der Waals surface area contributed by atoms with Crippen LogP contribution in [0.3, 0.4) is 0 Å². The fourth-order valence-corrected chi connectivity index (χ4v) is 5.01. The van der Waals surface area contributed by atoms with Crippen LogP contribution >= 0.6 is 23.4 Å². The Kier molecular flexibility index (Phi) is 4.96. The number of nitrogens with one attached hydrogen (secondary N) is 1. The monoisotopic (exact) mass is 476 g/mol. The van der Waals surface area contributed by atoms with Crippen molar-refractivity contribution in [3.63, 3.8) is 0 Å². The molecule has 0 saturated heterocycles. The third-order valence-corrected chi connectivity index (χ3v) is 6.77. The Morgan fingerprint density at radius 1 is 1.06 bits per heavy atom. The predicted molar refractivity (Wildman–Crippen MR) is 126 cm³/mol. The highest BCUT2D eigenvalue weighted by atomic mass is 35.5. The van der Waals surface area contributed by atoms with Gasteiger partial charge in [0.15, 0.2) is 22.8 Å². The van der Waals surface area contributed by atoms with Gasteiger partial charge in [0.05, 0.1) is 10.4 Å². The van der Waals surface area contributed by atoms with E-state index in [-0.39, 0.29) is 12.7 Å². The molecule has 0 spiro atoms. The van der Waals surface area contributed by atoms with E-state index in [1.807, 2.05) is 60.7 Å². The van der Waals surface area contributed by atoms with Crippen molar-refractivity contribution in [3.05, 3.63) is 93.5 Å². The molecule has 3 aliphatic heterocycles. The van der Waals surface area contributed by atoms with Gasteiger partial charge in [-0.2, -0.15) is 0 Å². The fourth-order valence-electron chi connectivity index (χ4n) is 3.95. The molecule has 164 valence electrons. The van der Waals surface area contributed by atoms with Crippen LogP contribution in [0.15, 0.2) is 76.8 Å². The number of halogens is 1. The van der Waals surface area contributed by atoms with Crippen molar-refractivity contribution in [3.8, 4) is 11.5 Å². The lowest BCUT2D eigenvalue weighted by molar-refractivity contribution is -0.116. The number of fused-ring (bicyclic) bond motifs is 3. The van der Waals surface area contributed by atoms with E-state index in [0.717, 1.165) is 10.8 Å². The molecule has 0 radical (unpaired) electrons. The molecule has 0 aromatic heterocycles. The Hall–Kier alpha value is -3.49. The number of rotatable bonds is 3. The third kappa shape index (κ3) is 3.61. The Bertz CT molecular complexity index is 1430. The van der Waals surface area contributed by atoms with Crippen molar-refractivity contribution in [1.82, 2.24) is 10.3 Å². The number of nitrogens with zero attached hydrogens (tertiary/aromatic N) is 3. The average molecular weight is 477 g/mol. The number of hydrogen-bond acceptors (Lipinski definition) is 7. The van der Waals surface area contributed by atoms with Crippen molar-refractivity contribution in [2.45, 2.75) is 11.9 Å². The largest absolute Gasteiger partial charge is 0.454 e. The molecule has 0 saturated carbocycles. The van der Waals surface area contributed by atoms with Crippen LogP contribution in [0.2, 0.25) is 5.02 Å². The first-order valence-electron chi connectivity index (χ1n) is 10.3. The third-order valence-electron chi connectivity index (χ3n) is 5.50. The molecule has 3 aliphatic rings. The first kappa shape index (κ1) is 20.1. The molecule has 7 nitrogen and oxygen atoms in total. The summed E-state index contributed by atoms with van der Waals surface area (Å²) >= 11 is 8.08. The summed E-state index contributed by atoms with van der Waals surface area (Å²) in [7, 11) is 0. The highest BCUT2D eigenvalue weighted by Gasteiger charge is 2.36. The summed E-state index contributed by atoms with van der Waals surface area (Å²) in [4.78, 5) is 18.2. The zero-order chi connectivity index (χ0) is 22.4. The Balaban J connectivity index is 1.45. The van der Waals surface area contributed by atoms with Crippen molar-refractivity contribution < 1.29 is 14.3 Å². The van der Waals surface area contributed by atoms with Crippen molar-refractivity contribution in [2.75, 3.05) is 6.79 Å². The maximum absolute atomic E-state index is 13.3. The first-order chi connectivity index (χ1) is 16.2. The molecule has 0 unspecified atom stereocenters. The zero-order valence-electron chi connectivity index (χ0n) is 17.2. The van der Waals surface area contributed by atoms with Crippen LogP contribution in [0.5, 0.6) is 11.5 Å². The highest BCUT2D eigenvalue weighted by molar-refractivity contribution is 8.13. The molecule has 3 aromatic carbocycles. The Morgan fingerprint density at radius 2 is 1.82 bits per heavy atom. The summed E-state index contributed by atoms with van der Waals surface area (Å²) in [6.45, 7) is 0.141. The summed E-state index contributed by atoms with van der Waals surface area (Å²) in [5, 5.41) is 11.8. The predicted octanol–water partition coefficient (Wildman–Crippen LogP) is 3.15. The van der Waals surface area contributed by atoms with E-state index in [4.69, 9.17) is 31.2 Å². The summed E-state index contributed by atoms with van der Waals surface area (Å²) < 4.78 is 11.0. The lowest BCUT2D eigenvalue weighted by atomic mass is 10.1. The van der Waals surface area contributed by atoms with Gasteiger partial charge in [0, 0.05) is 22.6 Å². The van der Waals surface area contributed by atoms with Crippen molar-refractivity contribution >= 4 is 40.1 Å². The molecular formula is C24H17ClN4O3S. The Labute approximate surface area is 198 Å². The molecule has 0 aliphatic carbocycles. The molecule has 3 heterocycles. The number of carbonyl (C=O) groups excluding carboxylic acids is 1. The summed E-state index contributed by atoms with van der Waals surface area (Å²) in [5.74, 6) is 1.62. The highest BCUT2D eigenvalue weighted by Crippen LogP contribution is 2.42. The molecule has 1 amide bonds. The molecular weight excluding hydrogens is 460 g/mol. The van der Waals surface area contributed by atoms with Crippen molar-refractivity contribution in [2.24, 2.45) is 10.1 Å². The second kappa shape index (κ2) is 8.13. The number of ether oxygens (including phenoxy) is 2. The van der Waals surface area contributed by atoms with Gasteiger partial charge in [0.25, 0.3) is 5.91 Å². The van der Waals surface area contributed by atoms with E-state index in [1.165, 1.54) is 11.8 Å². The second-order valence-corrected chi connectivity index (χ2v) is 8.94. The van der Waals surface area contributed by atoms with Crippen LogP contribution in [0.1, 0.15) is 17.3 Å². The number of hydrazone groups is 1. The van der Waals surface area contributed by atoms with E-state index in [0.29, 0.717) is 44.1 Å². The number of thioether (sulfide) groups is 1. The number of hydrogen-bond donors (Lipinski definition) is 1. The van der Waals surface area contributed by atoms with Gasteiger partial charge in [0.2, 0.25) is 6.79 Å². The zero-order valence-corrected chi connectivity index (χ0v) is 18.8. The number of amides is 1. The van der Waals surface area contributed by atoms with Crippen LogP contribution in [0.4, 0.5) is 0 Å². The minimum atomic E-state index is -0.629. The number of para-hydroxylation sites is 1. The normalized spacial score (nSPS) is 18.2. The quantitative estimate of drug-likeness (QED) is 0.628. The minimum absolute atomic E-state index is 0.141. The topological polar surface area (TPSA) is 75.5 Å². The van der Waals surface area contributed by atoms with E-state index in [2.05, 4.69) is 5.32 Å². The maximum Gasteiger partial charge on any atom is 0.276 e. The van der Waals surface area contributed by atoms with Gasteiger partial charge in [-0.05, 0) is 17.7 Å². The molecule has 0 bridgehead atoms. The Morgan fingerprint density at radius 3 is 2.67 bits per heavy atom. The molecule has 33 heavy (non-hydrogen) atoms. The summed E-state index contributed by atoms with van der Waals surface area (Å²) in [5.41, 5.74) is 2.25. The van der Waals surface area contributed by atoms with Gasteiger partial charge in [-0.25, -0.2) is 5.01 Å². The minimum Gasteiger partial charge on any atom is -0.454 e. The van der Waals surface area contributed by atoms with Crippen LogP contribution in [-0.4, -0.2) is 22.9 Å². The van der Waals surface area contributed by atoms with Gasteiger partial charge in [0.1, 0.15) is 5.70 Å². The fraction of sp³-hybridized carbons (Fsp3) is 0.125. The van der Waals surface area contributed by atoms with Crippen LogP contribution in [-0.2, 0) is 10.5 Å². The summed E-state index contributed by atoms with van der Waals surface area (Å²) in [6.07, 6.45) is -0.629. The number of amidine groups is 1. The lowest BCUT2D eigenvalue weighted by Crippen LogP contribution is -2.50. The van der Waals surface area contributed by atoms with Crippen LogP contribution in [0.25, 0.3) is 5.70 Å². The van der Waals surface area contributed by atoms with Gasteiger partial charge < -0.3 is 9.47 Å². The van der Waals surface area contributed by atoms with Gasteiger partial charge in [-0.15, -0.1) is 5.10 Å². The molecule has 3 aromatic rings. The van der Waals surface area contributed by atoms with Gasteiger partial charge in [-0.3, -0.25) is 15.1 Å². The second-order valence-electron chi connectivity index (χ2n) is 7.57. The van der Waals surface area contributed by atoms with E-state index in [1.54, 1.807) is 11.1 Å². The summed E-state index contributed by atoms with van der Waals surface area (Å²) in [6, 6.07) is 21.1. The first-order valence-corrected chi connectivity index (χ1v) is 11.7. The van der Waals surface area contributed by atoms with Crippen LogP contribution in [0, 0.1) is 0 Å². The maximum atomic E-state index is 13.3. The average Bonchev–Trinajstić information content (AvgIpc) is 3.29. The lowest BCUT2D eigenvalue weighted by Gasteiger charge is -2.34. The van der Waals surface area contributed by atoms with E-state index in [9.17, 15) is 4.79 Å². The SMILES string of the molecule is O=C1NC(SCc2ccccc2)=NN2C1=c1ccccc1=N[C@@H]2c1cc2c(cc1Cl)OCO2. The van der Waals surface area contributed by atoms with Gasteiger partial charge in [-0.1, -0.05) is 71.9 Å². The number of benzene rings is 3. The van der Waals surface area contributed by atoms with Crippen LogP contribution < -0.4 is 25.4 Å². The van der Waals surface area contributed by atoms with Crippen molar-refractivity contribution in [1.29, 1.82) is 0 Å². The molecule has 1 atom stereocenters. The van der Waals surface area contributed by atoms with E-state index >= 15 is 0 Å². The van der Waals surface area contributed by atoms with Gasteiger partial charge >= 0.3 is 0 Å².